The van der Waals surface area contributed by atoms with Crippen molar-refractivity contribution in [2.75, 3.05) is 0 Å². The topological polar surface area (TPSA) is 144 Å². The maximum absolute atomic E-state index is 12.6. The van der Waals surface area contributed by atoms with Gasteiger partial charge in [-0.2, -0.15) is 0 Å². The predicted octanol–water partition coefficient (Wildman–Crippen LogP) is 2.04. The van der Waals surface area contributed by atoms with Crippen LogP contribution in [0.4, 0.5) is 0 Å². The van der Waals surface area contributed by atoms with E-state index in [1.807, 2.05) is 24.3 Å². The van der Waals surface area contributed by atoms with Gasteiger partial charge in [-0.05, 0) is 41.8 Å². The van der Waals surface area contributed by atoms with Crippen LogP contribution in [-0.2, 0) is 22.4 Å². The Hall–Kier alpha value is -3.78. The summed E-state index contributed by atoms with van der Waals surface area (Å²) in [6.07, 6.45) is 3.83. The number of benzene rings is 2. The number of aromatic hydroxyl groups is 1. The Morgan fingerprint density at radius 1 is 0.967 bits per heavy atom. The van der Waals surface area contributed by atoms with E-state index in [1.54, 1.807) is 30.6 Å². The number of amides is 1. The largest absolute Gasteiger partial charge is 0.508 e. The van der Waals surface area contributed by atoms with Crippen molar-refractivity contribution >= 4 is 33.7 Å². The van der Waals surface area contributed by atoms with Gasteiger partial charge in [0.05, 0.1) is 6.04 Å². The molecule has 0 aliphatic rings. The van der Waals surface area contributed by atoms with Crippen LogP contribution in [-0.4, -0.2) is 44.1 Å². The second-order valence-corrected chi connectivity index (χ2v) is 7.32. The van der Waals surface area contributed by atoms with Crippen LogP contribution in [0.5, 0.6) is 5.75 Å². The number of carbonyl (C=O) groups excluding carboxylic acids is 1. The first-order chi connectivity index (χ1) is 14.4. The molecule has 0 fully saturated rings. The molecular weight excluding hydrogens is 384 g/mol. The van der Waals surface area contributed by atoms with E-state index >= 15 is 0 Å². The lowest BCUT2D eigenvalue weighted by molar-refractivity contribution is -0.141. The molecule has 0 saturated heterocycles. The van der Waals surface area contributed by atoms with Crippen LogP contribution >= 0.6 is 0 Å². The molecule has 154 valence electrons. The quantitative estimate of drug-likeness (QED) is 0.278. The minimum Gasteiger partial charge on any atom is -0.508 e. The lowest BCUT2D eigenvalue weighted by Gasteiger charge is -2.17. The zero-order chi connectivity index (χ0) is 21.3. The molecule has 4 aromatic rings. The molecule has 0 aliphatic carbocycles. The normalized spacial score (nSPS) is 13.4. The first-order valence-corrected chi connectivity index (χ1v) is 9.55. The number of rotatable bonds is 7. The van der Waals surface area contributed by atoms with Crippen LogP contribution in [0.1, 0.15) is 11.1 Å². The lowest BCUT2D eigenvalue weighted by Crippen LogP contribution is -2.50. The maximum atomic E-state index is 12.6. The molecular formula is C22H22N4O4. The van der Waals surface area contributed by atoms with Gasteiger partial charge in [0.1, 0.15) is 11.8 Å². The van der Waals surface area contributed by atoms with Gasteiger partial charge in [0.15, 0.2) is 0 Å². The molecule has 0 aliphatic heterocycles. The summed E-state index contributed by atoms with van der Waals surface area (Å²) in [5.41, 5.74) is 9.36. The second-order valence-electron chi connectivity index (χ2n) is 7.32. The van der Waals surface area contributed by atoms with Gasteiger partial charge in [0.2, 0.25) is 5.91 Å². The van der Waals surface area contributed by atoms with E-state index in [2.05, 4.69) is 15.3 Å². The molecule has 0 bridgehead atoms. The number of aromatic nitrogens is 2. The highest BCUT2D eigenvalue weighted by molar-refractivity contribution is 5.90. The number of carboxylic acids is 1. The number of aliphatic carboxylic acids is 1. The number of carboxylic acid groups (broad SMARTS) is 1. The van der Waals surface area contributed by atoms with Gasteiger partial charge in [-0.1, -0.05) is 18.2 Å². The molecule has 0 radical (unpaired) electrons. The molecule has 30 heavy (non-hydrogen) atoms. The van der Waals surface area contributed by atoms with Crippen LogP contribution in [0.15, 0.2) is 54.9 Å². The number of carbonyl (C=O) groups is 2. The molecule has 8 nitrogen and oxygen atoms in total. The summed E-state index contributed by atoms with van der Waals surface area (Å²) in [6, 6.07) is 10.4. The molecule has 0 spiro atoms. The Morgan fingerprint density at radius 3 is 2.37 bits per heavy atom. The molecule has 2 aromatic heterocycles. The number of aromatic amines is 2. The Kier molecular flexibility index (Phi) is 5.16. The van der Waals surface area contributed by atoms with Gasteiger partial charge in [-0.3, -0.25) is 4.79 Å². The Morgan fingerprint density at radius 2 is 1.63 bits per heavy atom. The number of hydrogen-bond donors (Lipinski definition) is 6. The zero-order valence-electron chi connectivity index (χ0n) is 16.1. The van der Waals surface area contributed by atoms with E-state index in [1.165, 1.54) is 0 Å². The van der Waals surface area contributed by atoms with Crippen LogP contribution in [0.25, 0.3) is 21.8 Å². The minimum atomic E-state index is -1.13. The fraction of sp³-hybridized carbons (Fsp3) is 0.182. The first kappa shape index (κ1) is 19.5. The third kappa shape index (κ3) is 3.85. The number of para-hydroxylation sites is 1. The summed E-state index contributed by atoms with van der Waals surface area (Å²) in [7, 11) is 0. The minimum absolute atomic E-state index is 0.117. The van der Waals surface area contributed by atoms with Gasteiger partial charge >= 0.3 is 5.97 Å². The number of fused-ring (bicyclic) bond motifs is 2. The van der Waals surface area contributed by atoms with Crippen molar-refractivity contribution in [1.29, 1.82) is 0 Å². The van der Waals surface area contributed by atoms with E-state index in [-0.39, 0.29) is 18.6 Å². The number of nitrogens with one attached hydrogen (secondary N) is 3. The van der Waals surface area contributed by atoms with Crippen LogP contribution < -0.4 is 11.1 Å². The number of phenolic OH excluding ortho intramolecular Hbond substituents is 1. The highest BCUT2D eigenvalue weighted by Gasteiger charge is 2.25. The van der Waals surface area contributed by atoms with Gasteiger partial charge in [0, 0.05) is 40.6 Å². The number of H-pyrrole nitrogens is 2. The maximum Gasteiger partial charge on any atom is 0.326 e. The SMILES string of the molecule is N[C@@H](Cc1c[nH]c2ccc(O)cc12)C(=O)N[C@@H](Cc1c[nH]c2ccccc12)C(=O)O. The molecule has 2 atom stereocenters. The van der Waals surface area contributed by atoms with Crippen LogP contribution in [0.2, 0.25) is 0 Å². The highest BCUT2D eigenvalue weighted by atomic mass is 16.4. The fourth-order valence-corrected chi connectivity index (χ4v) is 3.66. The van der Waals surface area contributed by atoms with E-state index in [4.69, 9.17) is 5.73 Å². The van der Waals surface area contributed by atoms with Crippen molar-refractivity contribution in [3.05, 3.63) is 66.0 Å². The lowest BCUT2D eigenvalue weighted by atomic mass is 10.0. The smallest absolute Gasteiger partial charge is 0.326 e. The van der Waals surface area contributed by atoms with Crippen molar-refractivity contribution < 1.29 is 19.8 Å². The standard InChI is InChI=1S/C22H22N4O4/c23-17(7-12-10-25-19-6-5-14(27)9-16(12)19)21(28)26-20(22(29)30)8-13-11-24-18-4-2-1-3-15(13)18/h1-6,9-11,17,20,24-25,27H,7-8,23H2,(H,26,28)(H,29,30)/t17-,20-/m0/s1. The number of nitrogens with two attached hydrogens (primary N) is 1. The number of hydrogen-bond acceptors (Lipinski definition) is 4. The molecule has 8 heteroatoms. The van der Waals surface area contributed by atoms with Crippen LogP contribution in [0, 0.1) is 0 Å². The molecule has 1 amide bonds. The van der Waals surface area contributed by atoms with Crippen LogP contribution in [0.3, 0.4) is 0 Å². The van der Waals surface area contributed by atoms with Gasteiger partial charge in [-0.15, -0.1) is 0 Å². The van der Waals surface area contributed by atoms with Gasteiger partial charge < -0.3 is 31.2 Å². The Bertz CT molecular complexity index is 1230. The molecule has 0 unspecified atom stereocenters. The fourth-order valence-electron chi connectivity index (χ4n) is 3.66. The predicted molar refractivity (Wildman–Crippen MR) is 113 cm³/mol. The molecule has 2 aromatic carbocycles. The summed E-state index contributed by atoms with van der Waals surface area (Å²) in [5, 5.41) is 23.5. The van der Waals surface area contributed by atoms with Crippen molar-refractivity contribution in [3.8, 4) is 5.75 Å². The monoisotopic (exact) mass is 406 g/mol. The average molecular weight is 406 g/mol. The highest BCUT2D eigenvalue weighted by Crippen LogP contribution is 2.24. The second kappa shape index (κ2) is 7.92. The summed E-state index contributed by atoms with van der Waals surface area (Å²) in [4.78, 5) is 30.5. The molecule has 2 heterocycles. The third-order valence-corrected chi connectivity index (χ3v) is 5.24. The van der Waals surface area contributed by atoms with Crippen molar-refractivity contribution in [2.45, 2.75) is 24.9 Å². The third-order valence-electron chi connectivity index (χ3n) is 5.24. The summed E-state index contributed by atoms with van der Waals surface area (Å²) >= 11 is 0. The molecule has 7 N–H and O–H groups in total. The average Bonchev–Trinajstić information content (AvgIpc) is 3.31. The van der Waals surface area contributed by atoms with E-state index in [0.717, 1.165) is 32.9 Å². The van der Waals surface area contributed by atoms with E-state index in [0.29, 0.717) is 0 Å². The number of phenols is 1. The Balaban J connectivity index is 1.47. The summed E-state index contributed by atoms with van der Waals surface area (Å²) in [5.74, 6) is -1.55. The van der Waals surface area contributed by atoms with E-state index < -0.39 is 24.0 Å². The van der Waals surface area contributed by atoms with Crippen molar-refractivity contribution in [1.82, 2.24) is 15.3 Å². The van der Waals surface area contributed by atoms with Gasteiger partial charge in [-0.25, -0.2) is 4.79 Å². The van der Waals surface area contributed by atoms with Crippen molar-refractivity contribution in [3.63, 3.8) is 0 Å². The molecule has 4 rings (SSSR count). The van der Waals surface area contributed by atoms with E-state index in [9.17, 15) is 19.8 Å². The van der Waals surface area contributed by atoms with Gasteiger partial charge in [0.25, 0.3) is 0 Å². The first-order valence-electron chi connectivity index (χ1n) is 9.55. The van der Waals surface area contributed by atoms with Crippen molar-refractivity contribution in [2.24, 2.45) is 5.73 Å². The molecule has 0 saturated carbocycles. The Labute approximate surface area is 171 Å². The summed E-state index contributed by atoms with van der Waals surface area (Å²) in [6.45, 7) is 0. The summed E-state index contributed by atoms with van der Waals surface area (Å²) < 4.78 is 0. The zero-order valence-corrected chi connectivity index (χ0v) is 16.1.